The van der Waals surface area contributed by atoms with Crippen molar-refractivity contribution in [3.8, 4) is 11.3 Å². The second kappa shape index (κ2) is 5.98. The maximum absolute atomic E-state index is 2.52. The van der Waals surface area contributed by atoms with Crippen molar-refractivity contribution in [1.82, 2.24) is 4.57 Å². The molecule has 2 aromatic carbocycles. The van der Waals surface area contributed by atoms with Crippen LogP contribution in [0.5, 0.6) is 0 Å². The number of aromatic nitrogens is 1. The largest absolute Gasteiger partial charge is 0.343 e. The minimum absolute atomic E-state index is 0.0784. The van der Waals surface area contributed by atoms with Crippen LogP contribution in [0.1, 0.15) is 51.7 Å². The zero-order chi connectivity index (χ0) is 20.6. The first-order valence-electron chi connectivity index (χ1n) is 10.8. The Morgan fingerprint density at radius 2 is 1.55 bits per heavy atom. The molecule has 0 fully saturated rings. The van der Waals surface area contributed by atoms with E-state index in [2.05, 4.69) is 113 Å². The van der Waals surface area contributed by atoms with E-state index in [1.807, 2.05) is 0 Å². The molecule has 0 saturated carbocycles. The average Bonchev–Trinajstić information content (AvgIpc) is 3.36. The second-order valence-corrected chi connectivity index (χ2v) is 10.4. The Balaban J connectivity index is 1.74. The molecular formula is C28H31N. The maximum Gasteiger partial charge on any atom is 0.0530 e. The molecule has 0 spiro atoms. The standard InChI is InChI=1S/C28H31N/c1-27(2,3)18-15-16-19(17-18)28(4,5)25-20-11-7-8-12-21(20)26-24(25)22-13-9-10-14-23(22)29(26)6/h7-17,19,25H,1-6H3. The van der Waals surface area contributed by atoms with E-state index in [1.54, 1.807) is 0 Å². The van der Waals surface area contributed by atoms with Crippen LogP contribution >= 0.6 is 0 Å². The van der Waals surface area contributed by atoms with E-state index >= 15 is 0 Å². The number of aryl methyl sites for hydroxylation is 1. The topological polar surface area (TPSA) is 4.93 Å². The highest BCUT2D eigenvalue weighted by Gasteiger charge is 2.45. The van der Waals surface area contributed by atoms with Crippen molar-refractivity contribution in [3.05, 3.63) is 83.5 Å². The van der Waals surface area contributed by atoms with Crippen molar-refractivity contribution in [1.29, 1.82) is 0 Å². The van der Waals surface area contributed by atoms with Crippen LogP contribution in [0.3, 0.4) is 0 Å². The molecule has 1 heterocycles. The minimum atomic E-state index is 0.0784. The van der Waals surface area contributed by atoms with Crippen LogP contribution < -0.4 is 0 Å². The molecule has 1 aromatic heterocycles. The van der Waals surface area contributed by atoms with Gasteiger partial charge in [0.2, 0.25) is 0 Å². The van der Waals surface area contributed by atoms with E-state index in [1.165, 1.54) is 38.9 Å². The summed E-state index contributed by atoms with van der Waals surface area (Å²) in [5.41, 5.74) is 8.87. The lowest BCUT2D eigenvalue weighted by Gasteiger charge is -2.37. The van der Waals surface area contributed by atoms with Crippen LogP contribution in [-0.4, -0.2) is 4.57 Å². The number of hydrogen-bond donors (Lipinski definition) is 0. The molecule has 0 aliphatic heterocycles. The van der Waals surface area contributed by atoms with Gasteiger partial charge in [-0.2, -0.15) is 0 Å². The summed E-state index contributed by atoms with van der Waals surface area (Å²) < 4.78 is 2.40. The van der Waals surface area contributed by atoms with Gasteiger partial charge in [0.05, 0.1) is 5.69 Å². The third kappa shape index (κ3) is 2.53. The summed E-state index contributed by atoms with van der Waals surface area (Å²) in [6.07, 6.45) is 7.31. The van der Waals surface area contributed by atoms with Gasteiger partial charge in [-0.05, 0) is 33.6 Å². The van der Waals surface area contributed by atoms with Crippen molar-refractivity contribution < 1.29 is 0 Å². The first kappa shape index (κ1) is 18.5. The summed E-state index contributed by atoms with van der Waals surface area (Å²) in [4.78, 5) is 0. The zero-order valence-electron chi connectivity index (χ0n) is 18.5. The number of hydrogen-bond acceptors (Lipinski definition) is 0. The molecule has 2 aliphatic carbocycles. The summed E-state index contributed by atoms with van der Waals surface area (Å²) in [7, 11) is 2.22. The normalized spacial score (nSPS) is 20.8. The molecule has 2 unspecified atom stereocenters. The molecule has 0 N–H and O–H groups in total. The molecule has 2 atom stereocenters. The molecule has 0 bridgehead atoms. The lowest BCUT2D eigenvalue weighted by Crippen LogP contribution is -2.28. The SMILES string of the molecule is Cn1c2c(c3ccccc31)C(C(C)(C)C1C=CC(C(C)(C)C)=C1)c1ccccc1-2. The molecule has 148 valence electrons. The summed E-state index contributed by atoms with van der Waals surface area (Å²) in [5.74, 6) is 0.810. The fourth-order valence-corrected chi connectivity index (χ4v) is 5.60. The lowest BCUT2D eigenvalue weighted by atomic mass is 9.66. The van der Waals surface area contributed by atoms with Gasteiger partial charge in [-0.1, -0.05) is 95.3 Å². The van der Waals surface area contributed by atoms with Gasteiger partial charge in [0.25, 0.3) is 0 Å². The lowest BCUT2D eigenvalue weighted by molar-refractivity contribution is 0.267. The molecule has 2 aliphatic rings. The molecule has 0 amide bonds. The third-order valence-corrected chi connectivity index (χ3v) is 7.27. The Morgan fingerprint density at radius 3 is 2.28 bits per heavy atom. The number of benzene rings is 2. The second-order valence-electron chi connectivity index (χ2n) is 10.4. The van der Waals surface area contributed by atoms with Gasteiger partial charge in [0.15, 0.2) is 0 Å². The van der Waals surface area contributed by atoms with Gasteiger partial charge in [0, 0.05) is 35.3 Å². The Morgan fingerprint density at radius 1 is 0.862 bits per heavy atom. The summed E-state index contributed by atoms with van der Waals surface area (Å²) in [5, 5.41) is 1.40. The number of rotatable bonds is 2. The van der Waals surface area contributed by atoms with Gasteiger partial charge in [-0.15, -0.1) is 0 Å². The van der Waals surface area contributed by atoms with Crippen molar-refractivity contribution in [2.45, 2.75) is 40.5 Å². The number of para-hydroxylation sites is 1. The molecule has 5 rings (SSSR count). The molecule has 0 radical (unpaired) electrons. The van der Waals surface area contributed by atoms with Gasteiger partial charge < -0.3 is 4.57 Å². The summed E-state index contributed by atoms with van der Waals surface area (Å²) in [6.45, 7) is 11.9. The quantitative estimate of drug-likeness (QED) is 0.434. The van der Waals surface area contributed by atoms with E-state index in [9.17, 15) is 0 Å². The molecule has 29 heavy (non-hydrogen) atoms. The fraction of sp³-hybridized carbons (Fsp3) is 0.357. The Labute approximate surface area is 174 Å². The van der Waals surface area contributed by atoms with Crippen molar-refractivity contribution >= 4 is 10.9 Å². The zero-order valence-corrected chi connectivity index (χ0v) is 18.5. The van der Waals surface area contributed by atoms with Crippen molar-refractivity contribution in [2.75, 3.05) is 0 Å². The predicted molar refractivity (Wildman–Crippen MR) is 124 cm³/mol. The van der Waals surface area contributed by atoms with E-state index in [0.717, 1.165) is 0 Å². The van der Waals surface area contributed by atoms with Gasteiger partial charge in [-0.25, -0.2) is 0 Å². The van der Waals surface area contributed by atoms with Crippen LogP contribution in [0.2, 0.25) is 0 Å². The number of fused-ring (bicyclic) bond motifs is 5. The Hall–Kier alpha value is -2.54. The van der Waals surface area contributed by atoms with Crippen LogP contribution in [0.25, 0.3) is 22.2 Å². The summed E-state index contributed by atoms with van der Waals surface area (Å²) >= 11 is 0. The highest BCUT2D eigenvalue weighted by atomic mass is 15.0. The third-order valence-electron chi connectivity index (χ3n) is 7.27. The van der Waals surface area contributed by atoms with Crippen LogP contribution in [-0.2, 0) is 7.05 Å². The first-order valence-corrected chi connectivity index (χ1v) is 10.8. The van der Waals surface area contributed by atoms with Crippen molar-refractivity contribution in [3.63, 3.8) is 0 Å². The van der Waals surface area contributed by atoms with Gasteiger partial charge in [0.1, 0.15) is 0 Å². The van der Waals surface area contributed by atoms with Crippen LogP contribution in [0, 0.1) is 16.7 Å². The number of nitrogens with zero attached hydrogens (tertiary/aromatic N) is 1. The molecule has 1 heteroatoms. The van der Waals surface area contributed by atoms with E-state index in [-0.39, 0.29) is 10.8 Å². The molecule has 3 aromatic rings. The monoisotopic (exact) mass is 381 g/mol. The van der Waals surface area contributed by atoms with Gasteiger partial charge in [-0.3, -0.25) is 0 Å². The van der Waals surface area contributed by atoms with Crippen LogP contribution in [0.4, 0.5) is 0 Å². The summed E-state index contributed by atoms with van der Waals surface area (Å²) in [6, 6.07) is 18.0. The van der Waals surface area contributed by atoms with E-state index in [4.69, 9.17) is 0 Å². The van der Waals surface area contributed by atoms with Crippen LogP contribution in [0.15, 0.2) is 72.3 Å². The highest BCUT2D eigenvalue weighted by Crippen LogP contribution is 2.59. The number of allylic oxidation sites excluding steroid dienone is 4. The Bertz CT molecular complexity index is 1180. The molecule has 1 nitrogen and oxygen atoms in total. The van der Waals surface area contributed by atoms with E-state index in [0.29, 0.717) is 11.8 Å². The maximum atomic E-state index is 2.52. The van der Waals surface area contributed by atoms with Gasteiger partial charge >= 0.3 is 0 Å². The molecule has 0 saturated heterocycles. The smallest absolute Gasteiger partial charge is 0.0530 e. The Kier molecular flexibility index (Phi) is 3.81. The minimum Gasteiger partial charge on any atom is -0.343 e. The highest BCUT2D eigenvalue weighted by molar-refractivity contribution is 5.96. The predicted octanol–water partition coefficient (Wildman–Crippen LogP) is 7.48. The molecular weight excluding hydrogens is 350 g/mol. The van der Waals surface area contributed by atoms with Crippen molar-refractivity contribution in [2.24, 2.45) is 23.8 Å². The fourth-order valence-electron chi connectivity index (χ4n) is 5.60. The van der Waals surface area contributed by atoms with E-state index < -0.39 is 0 Å². The average molecular weight is 382 g/mol. The first-order chi connectivity index (χ1) is 13.7.